The van der Waals surface area contributed by atoms with E-state index in [0.29, 0.717) is 19.3 Å². The fraction of sp³-hybridized carbons (Fsp3) is 0.842. The second kappa shape index (κ2) is 7.05. The Bertz CT molecular complexity index is 638. The number of amides is 2. The lowest BCUT2D eigenvalue weighted by molar-refractivity contribution is -0.159. The summed E-state index contributed by atoms with van der Waals surface area (Å²) in [4.78, 5) is 40.5. The van der Waals surface area contributed by atoms with Crippen LogP contribution >= 0.6 is 0 Å². The van der Waals surface area contributed by atoms with Gasteiger partial charge in [-0.05, 0) is 47.0 Å². The fourth-order valence-electron chi connectivity index (χ4n) is 5.16. The minimum Gasteiger partial charge on any atom is -0.466 e. The Morgan fingerprint density at radius 3 is 2.70 bits per heavy atom. The van der Waals surface area contributed by atoms with Crippen LogP contribution in [0.1, 0.15) is 47.0 Å². The normalized spacial score (nSPS) is 37.0. The predicted molar refractivity (Wildman–Crippen MR) is 95.6 cm³/mol. The Balaban J connectivity index is 2.02. The largest absolute Gasteiger partial charge is 0.466 e. The summed E-state index contributed by atoms with van der Waals surface area (Å²) in [6.07, 6.45) is 1.50. The number of likely N-dealkylation sites (tertiary alicyclic amines) is 1. The number of esters is 1. The van der Waals surface area contributed by atoms with Crippen molar-refractivity contribution >= 4 is 17.8 Å². The van der Waals surface area contributed by atoms with E-state index < -0.39 is 35.0 Å². The van der Waals surface area contributed by atoms with Crippen molar-refractivity contribution in [3.8, 4) is 0 Å². The smallest absolute Gasteiger partial charge is 0.312 e. The molecule has 0 aromatic heterocycles. The van der Waals surface area contributed by atoms with Gasteiger partial charge in [0.25, 0.3) is 0 Å². The number of aliphatic hydroxyl groups is 1. The number of nitrogens with one attached hydrogen (secondary N) is 1. The van der Waals surface area contributed by atoms with Crippen molar-refractivity contribution in [2.24, 2.45) is 11.8 Å². The molecular formula is C19H30N2O6. The number of carbonyl (C=O) groups excluding carboxylic acids is 3. The highest BCUT2D eigenvalue weighted by Crippen LogP contribution is 2.63. The van der Waals surface area contributed by atoms with E-state index in [4.69, 9.17) is 9.47 Å². The van der Waals surface area contributed by atoms with E-state index in [1.807, 2.05) is 20.8 Å². The molecular weight excluding hydrogens is 352 g/mol. The van der Waals surface area contributed by atoms with Crippen molar-refractivity contribution < 1.29 is 29.0 Å². The van der Waals surface area contributed by atoms with E-state index in [1.165, 1.54) is 4.90 Å². The Labute approximate surface area is 159 Å². The summed E-state index contributed by atoms with van der Waals surface area (Å²) >= 11 is 0. The molecule has 0 radical (unpaired) electrons. The molecule has 2 amide bonds. The minimum absolute atomic E-state index is 0.0835. The number of rotatable bonds is 7. The molecule has 3 aliphatic heterocycles. The van der Waals surface area contributed by atoms with Gasteiger partial charge in [-0.2, -0.15) is 0 Å². The van der Waals surface area contributed by atoms with Crippen LogP contribution in [0.15, 0.2) is 0 Å². The lowest BCUT2D eigenvalue weighted by Crippen LogP contribution is -2.56. The summed E-state index contributed by atoms with van der Waals surface area (Å²) in [6, 6.07) is -0.886. The van der Waals surface area contributed by atoms with Crippen LogP contribution in [-0.4, -0.2) is 70.8 Å². The molecule has 0 aromatic rings. The van der Waals surface area contributed by atoms with Crippen LogP contribution in [0.4, 0.5) is 0 Å². The Hall–Kier alpha value is -1.67. The Morgan fingerprint density at radius 2 is 2.11 bits per heavy atom. The molecule has 27 heavy (non-hydrogen) atoms. The lowest BCUT2D eigenvalue weighted by atomic mass is 9.66. The van der Waals surface area contributed by atoms with Crippen molar-refractivity contribution in [1.82, 2.24) is 10.2 Å². The van der Waals surface area contributed by atoms with Gasteiger partial charge in [0.05, 0.1) is 18.1 Å². The van der Waals surface area contributed by atoms with Crippen LogP contribution in [0.5, 0.6) is 0 Å². The molecule has 8 nitrogen and oxygen atoms in total. The van der Waals surface area contributed by atoms with E-state index in [2.05, 4.69) is 5.32 Å². The van der Waals surface area contributed by atoms with Gasteiger partial charge in [-0.15, -0.1) is 0 Å². The molecule has 2 N–H and O–H groups in total. The lowest BCUT2D eigenvalue weighted by Gasteiger charge is -2.33. The average Bonchev–Trinajstić information content (AvgIpc) is 3.13. The first-order chi connectivity index (χ1) is 12.7. The number of aliphatic hydroxyl groups excluding tert-OH is 1. The fourth-order valence-corrected chi connectivity index (χ4v) is 5.16. The van der Waals surface area contributed by atoms with Crippen molar-refractivity contribution in [3.05, 3.63) is 0 Å². The SMILES string of the molecule is CCOC(=O)[C@@H]1[C@H]2C(=O)N(CCCO)C(C(=O)NC(C)C)C23CC[C@@]1(C)O3. The standard InChI is InChI=1S/C19H30N2O6/c1-5-26-17(25)13-12-16(24)21(9-6-10-22)14(15(23)20-11(2)3)19(12)8-7-18(13,4)27-19/h11-14,22H,5-10H2,1-4H3,(H,20,23)/t12-,13-,14?,18+,19?/m0/s1. The zero-order valence-electron chi connectivity index (χ0n) is 16.5. The second-order valence-corrected chi connectivity index (χ2v) is 8.25. The van der Waals surface area contributed by atoms with Gasteiger partial charge in [0.1, 0.15) is 17.6 Å². The third kappa shape index (κ3) is 2.93. The highest BCUT2D eigenvalue weighted by molar-refractivity contribution is 5.98. The van der Waals surface area contributed by atoms with Crippen LogP contribution in [0.25, 0.3) is 0 Å². The number of hydrogen-bond acceptors (Lipinski definition) is 6. The first kappa shape index (κ1) is 20.1. The first-order valence-corrected chi connectivity index (χ1v) is 9.80. The molecule has 152 valence electrons. The minimum atomic E-state index is -1.02. The van der Waals surface area contributed by atoms with Crippen LogP contribution in [0, 0.1) is 11.8 Å². The molecule has 0 aromatic carbocycles. The second-order valence-electron chi connectivity index (χ2n) is 8.25. The summed E-state index contributed by atoms with van der Waals surface area (Å²) in [5, 5.41) is 12.1. The molecule has 8 heteroatoms. The summed E-state index contributed by atoms with van der Waals surface area (Å²) in [6.45, 7) is 7.68. The van der Waals surface area contributed by atoms with Crippen LogP contribution in [-0.2, 0) is 23.9 Å². The van der Waals surface area contributed by atoms with Gasteiger partial charge in [-0.3, -0.25) is 14.4 Å². The highest BCUT2D eigenvalue weighted by Gasteiger charge is 2.78. The summed E-state index contributed by atoms with van der Waals surface area (Å²) < 4.78 is 11.6. The summed E-state index contributed by atoms with van der Waals surface area (Å²) in [5.41, 5.74) is -1.82. The van der Waals surface area contributed by atoms with Crippen LogP contribution in [0.2, 0.25) is 0 Å². The van der Waals surface area contributed by atoms with E-state index in [-0.39, 0.29) is 37.6 Å². The Kier molecular flexibility index (Phi) is 5.24. The quantitative estimate of drug-likeness (QED) is 0.611. The van der Waals surface area contributed by atoms with Gasteiger partial charge >= 0.3 is 5.97 Å². The van der Waals surface area contributed by atoms with E-state index in [9.17, 15) is 19.5 Å². The maximum Gasteiger partial charge on any atom is 0.312 e. The zero-order valence-corrected chi connectivity index (χ0v) is 16.5. The molecule has 2 unspecified atom stereocenters. The van der Waals surface area contributed by atoms with E-state index >= 15 is 0 Å². The third-order valence-electron chi connectivity index (χ3n) is 6.05. The van der Waals surface area contributed by atoms with Crippen molar-refractivity contribution in [2.75, 3.05) is 19.8 Å². The number of nitrogens with zero attached hydrogens (tertiary/aromatic N) is 1. The van der Waals surface area contributed by atoms with Gasteiger partial charge in [0.15, 0.2) is 0 Å². The van der Waals surface area contributed by atoms with Crippen molar-refractivity contribution in [1.29, 1.82) is 0 Å². The first-order valence-electron chi connectivity index (χ1n) is 9.80. The maximum absolute atomic E-state index is 13.3. The third-order valence-corrected chi connectivity index (χ3v) is 6.05. The molecule has 2 bridgehead atoms. The van der Waals surface area contributed by atoms with Gasteiger partial charge < -0.3 is 24.8 Å². The molecule has 0 saturated carbocycles. The van der Waals surface area contributed by atoms with Gasteiger partial charge in [0.2, 0.25) is 11.8 Å². The van der Waals surface area contributed by atoms with Crippen molar-refractivity contribution in [3.63, 3.8) is 0 Å². The predicted octanol–water partition coefficient (Wildman–Crippen LogP) is 0.221. The molecule has 0 aliphatic carbocycles. The van der Waals surface area contributed by atoms with Gasteiger partial charge in [0, 0.05) is 19.2 Å². The monoisotopic (exact) mass is 382 g/mol. The van der Waals surface area contributed by atoms with Gasteiger partial charge in [-0.1, -0.05) is 0 Å². The Morgan fingerprint density at radius 1 is 1.41 bits per heavy atom. The molecule has 3 fully saturated rings. The van der Waals surface area contributed by atoms with Crippen LogP contribution < -0.4 is 5.32 Å². The van der Waals surface area contributed by atoms with Crippen LogP contribution in [0.3, 0.4) is 0 Å². The maximum atomic E-state index is 13.3. The molecule has 1 spiro atoms. The summed E-state index contributed by atoms with van der Waals surface area (Å²) in [7, 11) is 0. The summed E-state index contributed by atoms with van der Waals surface area (Å²) in [5.74, 6) is -2.41. The average molecular weight is 382 g/mol. The molecule has 3 saturated heterocycles. The van der Waals surface area contributed by atoms with E-state index in [0.717, 1.165) is 0 Å². The molecule has 3 heterocycles. The van der Waals surface area contributed by atoms with Gasteiger partial charge in [-0.25, -0.2) is 0 Å². The molecule has 5 atom stereocenters. The van der Waals surface area contributed by atoms with E-state index in [1.54, 1.807) is 6.92 Å². The zero-order chi connectivity index (χ0) is 20.0. The number of fused-ring (bicyclic) bond motifs is 1. The number of ether oxygens (including phenoxy) is 2. The number of carbonyl (C=O) groups is 3. The highest BCUT2D eigenvalue weighted by atomic mass is 16.6. The number of hydrogen-bond donors (Lipinski definition) is 2. The van der Waals surface area contributed by atoms with Crippen molar-refractivity contribution in [2.45, 2.75) is 70.2 Å². The topological polar surface area (TPSA) is 105 Å². The molecule has 3 aliphatic rings. The molecule has 3 rings (SSSR count).